The molecule has 0 aliphatic heterocycles. The summed E-state index contributed by atoms with van der Waals surface area (Å²) in [6.07, 6.45) is 3.26. The molecule has 0 fully saturated rings. The summed E-state index contributed by atoms with van der Waals surface area (Å²) in [6, 6.07) is 0. The van der Waals surface area contributed by atoms with Crippen LogP contribution in [0.1, 0.15) is 5.69 Å². The minimum Gasteiger partial charge on any atom is -0.396 e. The van der Waals surface area contributed by atoms with E-state index in [-0.39, 0.29) is 12.4 Å². The Hall–Kier alpha value is -0.950. The molecule has 0 aromatic carbocycles. The zero-order valence-corrected chi connectivity index (χ0v) is 8.74. The molecule has 0 bridgehead atoms. The maximum Gasteiger partial charge on any atom is 0.149 e. The minimum atomic E-state index is -2.96. The molecule has 80 valence electrons. The highest BCUT2D eigenvalue weighted by Crippen LogP contribution is 1.95. The van der Waals surface area contributed by atoms with Crippen molar-refractivity contribution >= 4 is 9.84 Å². The third-order valence-corrected chi connectivity index (χ3v) is 2.57. The number of aromatic nitrogens is 3. The van der Waals surface area contributed by atoms with Crippen LogP contribution in [0.25, 0.3) is 0 Å². The second kappa shape index (κ2) is 4.52. The molecular formula is C7H13N3O3S. The van der Waals surface area contributed by atoms with E-state index in [0.717, 1.165) is 0 Å². The predicted octanol–water partition coefficient (Wildman–Crippen LogP) is -1.14. The third kappa shape index (κ3) is 3.84. The molecule has 6 nitrogen and oxygen atoms in total. The van der Waals surface area contributed by atoms with E-state index in [9.17, 15) is 8.42 Å². The topological polar surface area (TPSA) is 85.1 Å². The summed E-state index contributed by atoms with van der Waals surface area (Å²) in [4.78, 5) is 0. The normalized spacial score (nSPS) is 11.9. The van der Waals surface area contributed by atoms with Crippen LogP contribution in [0.2, 0.25) is 0 Å². The van der Waals surface area contributed by atoms with Crippen molar-refractivity contribution in [1.82, 2.24) is 15.0 Å². The highest BCUT2D eigenvalue weighted by molar-refractivity contribution is 7.90. The van der Waals surface area contributed by atoms with Crippen LogP contribution >= 0.6 is 0 Å². The van der Waals surface area contributed by atoms with E-state index in [0.29, 0.717) is 18.7 Å². The fourth-order valence-corrected chi connectivity index (χ4v) is 1.45. The van der Waals surface area contributed by atoms with Crippen molar-refractivity contribution < 1.29 is 13.5 Å². The first kappa shape index (κ1) is 11.1. The monoisotopic (exact) mass is 219 g/mol. The van der Waals surface area contributed by atoms with E-state index in [2.05, 4.69) is 10.3 Å². The van der Waals surface area contributed by atoms with Crippen molar-refractivity contribution in [1.29, 1.82) is 0 Å². The van der Waals surface area contributed by atoms with Gasteiger partial charge >= 0.3 is 0 Å². The standard InChI is InChI=1S/C7H13N3O3S/c1-14(12,13)5-3-10-6-7(2-4-11)8-9-10/h6,11H,2-5H2,1H3. The van der Waals surface area contributed by atoms with Crippen LogP contribution in [0.5, 0.6) is 0 Å². The summed E-state index contributed by atoms with van der Waals surface area (Å²) < 4.78 is 23.1. The highest BCUT2D eigenvalue weighted by atomic mass is 32.2. The van der Waals surface area contributed by atoms with Gasteiger partial charge in [0.25, 0.3) is 0 Å². The lowest BCUT2D eigenvalue weighted by Crippen LogP contribution is -2.11. The molecule has 0 aliphatic carbocycles. The number of nitrogens with zero attached hydrogens (tertiary/aromatic N) is 3. The SMILES string of the molecule is CS(=O)(=O)CCn1cc(CCO)nn1. The number of hydrogen-bond acceptors (Lipinski definition) is 5. The van der Waals surface area contributed by atoms with Gasteiger partial charge in [0.1, 0.15) is 9.84 Å². The molecule has 1 heterocycles. The van der Waals surface area contributed by atoms with Crippen molar-refractivity contribution in [2.75, 3.05) is 18.6 Å². The number of aryl methyl sites for hydroxylation is 1. The lowest BCUT2D eigenvalue weighted by atomic mass is 10.3. The van der Waals surface area contributed by atoms with Gasteiger partial charge in [-0.05, 0) is 0 Å². The molecule has 0 spiro atoms. The fourth-order valence-electron chi connectivity index (χ4n) is 0.936. The summed E-state index contributed by atoms with van der Waals surface area (Å²) >= 11 is 0. The van der Waals surface area contributed by atoms with Gasteiger partial charge in [0, 0.05) is 25.5 Å². The zero-order valence-electron chi connectivity index (χ0n) is 7.92. The van der Waals surface area contributed by atoms with E-state index in [1.54, 1.807) is 6.20 Å². The number of hydrogen-bond donors (Lipinski definition) is 1. The summed E-state index contributed by atoms with van der Waals surface area (Å²) in [5, 5.41) is 16.1. The highest BCUT2D eigenvalue weighted by Gasteiger charge is 2.04. The number of aliphatic hydroxyl groups excluding tert-OH is 1. The molecule has 1 N–H and O–H groups in total. The molecular weight excluding hydrogens is 206 g/mol. The van der Waals surface area contributed by atoms with Gasteiger partial charge in [-0.15, -0.1) is 5.10 Å². The van der Waals surface area contributed by atoms with Gasteiger partial charge in [0.05, 0.1) is 18.0 Å². The molecule has 1 aromatic rings. The van der Waals surface area contributed by atoms with Crippen molar-refractivity contribution in [3.05, 3.63) is 11.9 Å². The average Bonchev–Trinajstić information content (AvgIpc) is 2.49. The molecule has 1 aromatic heterocycles. The maximum absolute atomic E-state index is 10.8. The number of rotatable bonds is 5. The minimum absolute atomic E-state index is 0.0186. The Kier molecular flexibility index (Phi) is 3.59. The lowest BCUT2D eigenvalue weighted by molar-refractivity contribution is 0.298. The van der Waals surface area contributed by atoms with Crippen molar-refractivity contribution in [2.45, 2.75) is 13.0 Å². The Balaban J connectivity index is 2.52. The fraction of sp³-hybridized carbons (Fsp3) is 0.714. The van der Waals surface area contributed by atoms with Gasteiger partial charge in [-0.1, -0.05) is 5.21 Å². The van der Waals surface area contributed by atoms with E-state index in [1.165, 1.54) is 10.9 Å². The van der Waals surface area contributed by atoms with E-state index in [1.807, 2.05) is 0 Å². The Bertz CT molecular complexity index is 385. The third-order valence-electron chi connectivity index (χ3n) is 1.65. The Morgan fingerprint density at radius 3 is 2.86 bits per heavy atom. The second-order valence-corrected chi connectivity index (χ2v) is 5.34. The van der Waals surface area contributed by atoms with E-state index in [4.69, 9.17) is 5.11 Å². The Labute approximate surface area is 82.5 Å². The van der Waals surface area contributed by atoms with Gasteiger partial charge < -0.3 is 5.11 Å². The second-order valence-electron chi connectivity index (χ2n) is 3.08. The van der Waals surface area contributed by atoms with Gasteiger partial charge in [0.2, 0.25) is 0 Å². The molecule has 0 atom stereocenters. The largest absolute Gasteiger partial charge is 0.396 e. The van der Waals surface area contributed by atoms with Crippen LogP contribution in [0.3, 0.4) is 0 Å². The molecule has 0 aliphatic rings. The van der Waals surface area contributed by atoms with Crippen LogP contribution in [0.15, 0.2) is 6.20 Å². The summed E-state index contributed by atoms with van der Waals surface area (Å²) in [5.41, 5.74) is 0.668. The molecule has 0 amide bonds. The summed E-state index contributed by atoms with van der Waals surface area (Å²) in [7, 11) is -2.96. The maximum atomic E-state index is 10.8. The first-order valence-corrected chi connectivity index (χ1v) is 6.25. The van der Waals surface area contributed by atoms with Crippen LogP contribution in [0.4, 0.5) is 0 Å². The van der Waals surface area contributed by atoms with Crippen LogP contribution < -0.4 is 0 Å². The Morgan fingerprint density at radius 2 is 2.29 bits per heavy atom. The molecule has 7 heteroatoms. The van der Waals surface area contributed by atoms with Crippen LogP contribution in [-0.4, -0.2) is 47.1 Å². The number of aliphatic hydroxyl groups is 1. The molecule has 14 heavy (non-hydrogen) atoms. The van der Waals surface area contributed by atoms with Crippen molar-refractivity contribution in [2.24, 2.45) is 0 Å². The summed E-state index contributed by atoms with van der Waals surface area (Å²) in [5.74, 6) is 0.0505. The molecule has 0 saturated carbocycles. The lowest BCUT2D eigenvalue weighted by Gasteiger charge is -1.97. The first-order valence-electron chi connectivity index (χ1n) is 4.19. The quantitative estimate of drug-likeness (QED) is 0.676. The molecule has 0 unspecified atom stereocenters. The zero-order chi connectivity index (χ0) is 10.6. The van der Waals surface area contributed by atoms with Crippen LogP contribution in [-0.2, 0) is 22.8 Å². The van der Waals surface area contributed by atoms with Crippen LogP contribution in [0, 0.1) is 0 Å². The van der Waals surface area contributed by atoms with Gasteiger partial charge in [-0.2, -0.15) is 0 Å². The predicted molar refractivity (Wildman–Crippen MR) is 50.5 cm³/mol. The first-order chi connectivity index (χ1) is 6.51. The Morgan fingerprint density at radius 1 is 1.57 bits per heavy atom. The molecule has 1 rings (SSSR count). The van der Waals surface area contributed by atoms with Gasteiger partial charge in [0.15, 0.2) is 0 Å². The van der Waals surface area contributed by atoms with Crippen molar-refractivity contribution in [3.63, 3.8) is 0 Å². The molecule has 0 saturated heterocycles. The smallest absolute Gasteiger partial charge is 0.149 e. The van der Waals surface area contributed by atoms with E-state index >= 15 is 0 Å². The van der Waals surface area contributed by atoms with Crippen molar-refractivity contribution in [3.8, 4) is 0 Å². The van der Waals surface area contributed by atoms with Gasteiger partial charge in [-0.25, -0.2) is 8.42 Å². The molecule has 0 radical (unpaired) electrons. The summed E-state index contributed by atoms with van der Waals surface area (Å²) in [6.45, 7) is 0.321. The number of sulfone groups is 1. The van der Waals surface area contributed by atoms with E-state index < -0.39 is 9.84 Å². The van der Waals surface area contributed by atoms with Gasteiger partial charge in [-0.3, -0.25) is 4.68 Å². The average molecular weight is 219 g/mol.